The molecule has 0 rings (SSSR count). The van der Waals surface area contributed by atoms with E-state index in [2.05, 4.69) is 10.5 Å². The van der Waals surface area contributed by atoms with Crippen molar-refractivity contribution in [2.45, 2.75) is 64.3 Å². The molecule has 0 aliphatic rings. The van der Waals surface area contributed by atoms with Crippen molar-refractivity contribution in [3.05, 3.63) is 0 Å². The van der Waals surface area contributed by atoms with Gasteiger partial charge in [-0.3, -0.25) is 4.79 Å². The van der Waals surface area contributed by atoms with Gasteiger partial charge in [-0.15, -0.1) is 0 Å². The van der Waals surface area contributed by atoms with Crippen molar-refractivity contribution in [1.82, 2.24) is 3.53 Å². The van der Waals surface area contributed by atoms with Crippen LogP contribution >= 0.6 is 22.9 Å². The summed E-state index contributed by atoms with van der Waals surface area (Å²) in [6, 6.07) is -0.374. The number of unbranched alkanes of at least 4 members (excludes halogenated alkanes) is 6. The lowest BCUT2D eigenvalue weighted by atomic mass is 10.1. The molecule has 0 aromatic rings. The minimum atomic E-state index is -0.740. The summed E-state index contributed by atoms with van der Waals surface area (Å²) in [4.78, 5) is 10.7. The van der Waals surface area contributed by atoms with Gasteiger partial charge in [0, 0.05) is 22.9 Å². The van der Waals surface area contributed by atoms with Crippen molar-refractivity contribution < 1.29 is 9.90 Å². The van der Waals surface area contributed by atoms with E-state index in [0.717, 1.165) is 19.3 Å². The fraction of sp³-hybridized carbons (Fsp3) is 0.909. The molecule has 1 atom stereocenters. The summed E-state index contributed by atoms with van der Waals surface area (Å²) in [5.41, 5.74) is 0. The summed E-state index contributed by atoms with van der Waals surface area (Å²) >= 11 is 1.91. The average molecular weight is 327 g/mol. The Labute approximate surface area is 107 Å². The third kappa shape index (κ3) is 9.11. The number of carboxylic acids is 1. The standard InChI is InChI=1S/C11H22INO2/c1-2-3-4-5-6-7-8-9-10(13-12)11(14)15/h10,13H,2-9H2,1H3,(H,14,15). The molecule has 4 heteroatoms. The van der Waals surface area contributed by atoms with Gasteiger partial charge in [0.1, 0.15) is 6.04 Å². The number of aliphatic carboxylic acids is 1. The van der Waals surface area contributed by atoms with E-state index in [4.69, 9.17) is 5.11 Å². The Morgan fingerprint density at radius 2 is 1.73 bits per heavy atom. The van der Waals surface area contributed by atoms with Gasteiger partial charge in [-0.05, 0) is 6.42 Å². The van der Waals surface area contributed by atoms with E-state index < -0.39 is 5.97 Å². The summed E-state index contributed by atoms with van der Waals surface area (Å²) in [6.45, 7) is 2.21. The van der Waals surface area contributed by atoms with Crippen LogP contribution in [0.5, 0.6) is 0 Å². The number of rotatable bonds is 10. The molecule has 1 unspecified atom stereocenters. The molecular weight excluding hydrogens is 305 g/mol. The largest absolute Gasteiger partial charge is 0.480 e. The molecule has 0 fully saturated rings. The zero-order valence-electron chi connectivity index (χ0n) is 9.47. The summed E-state index contributed by atoms with van der Waals surface area (Å²) in [5.74, 6) is -0.740. The lowest BCUT2D eigenvalue weighted by molar-refractivity contribution is -0.138. The van der Waals surface area contributed by atoms with Crippen LogP contribution in [-0.2, 0) is 4.79 Å². The quantitative estimate of drug-likeness (QED) is 0.367. The van der Waals surface area contributed by atoms with E-state index in [-0.39, 0.29) is 6.04 Å². The lowest BCUT2D eigenvalue weighted by Gasteiger charge is -2.09. The first-order valence-corrected chi connectivity index (χ1v) is 6.89. The normalized spacial score (nSPS) is 12.7. The molecule has 0 radical (unpaired) electrons. The van der Waals surface area contributed by atoms with Crippen molar-refractivity contribution in [3.8, 4) is 0 Å². The maximum absolute atomic E-state index is 10.7. The minimum Gasteiger partial charge on any atom is -0.480 e. The Kier molecular flexibility index (Phi) is 10.8. The first-order valence-electron chi connectivity index (χ1n) is 5.81. The molecule has 0 aromatic heterocycles. The van der Waals surface area contributed by atoms with Crippen molar-refractivity contribution in [1.29, 1.82) is 0 Å². The number of halogens is 1. The number of nitrogens with one attached hydrogen (secondary N) is 1. The molecule has 2 N–H and O–H groups in total. The summed E-state index contributed by atoms with van der Waals surface area (Å²) < 4.78 is 2.78. The number of carboxylic acid groups (broad SMARTS) is 1. The average Bonchev–Trinajstić information content (AvgIpc) is 2.21. The highest BCUT2D eigenvalue weighted by Gasteiger charge is 2.13. The van der Waals surface area contributed by atoms with Crippen LogP contribution in [0.4, 0.5) is 0 Å². The summed E-state index contributed by atoms with van der Waals surface area (Å²) in [7, 11) is 0. The third-order valence-electron chi connectivity index (χ3n) is 2.53. The van der Waals surface area contributed by atoms with Crippen molar-refractivity contribution in [3.63, 3.8) is 0 Å². The molecule has 0 aliphatic carbocycles. The molecule has 90 valence electrons. The van der Waals surface area contributed by atoms with Crippen LogP contribution in [0.1, 0.15) is 58.3 Å². The van der Waals surface area contributed by atoms with Gasteiger partial charge in [-0.25, -0.2) is 3.53 Å². The van der Waals surface area contributed by atoms with Gasteiger partial charge >= 0.3 is 5.97 Å². The van der Waals surface area contributed by atoms with Crippen LogP contribution < -0.4 is 3.53 Å². The van der Waals surface area contributed by atoms with Gasteiger partial charge in [-0.1, -0.05) is 51.9 Å². The SMILES string of the molecule is CCCCCCCCCC(NI)C(=O)O. The first-order chi connectivity index (χ1) is 7.22. The molecular formula is C11H22INO2. The summed E-state index contributed by atoms with van der Waals surface area (Å²) in [5, 5.41) is 8.78. The highest BCUT2D eigenvalue weighted by atomic mass is 127. The van der Waals surface area contributed by atoms with Crippen molar-refractivity contribution >= 4 is 28.8 Å². The highest BCUT2D eigenvalue weighted by molar-refractivity contribution is 14.1. The van der Waals surface area contributed by atoms with E-state index in [9.17, 15) is 4.79 Å². The second-order valence-electron chi connectivity index (χ2n) is 3.91. The van der Waals surface area contributed by atoms with E-state index in [0.29, 0.717) is 0 Å². The maximum Gasteiger partial charge on any atom is 0.321 e. The molecule has 0 aliphatic heterocycles. The molecule has 3 nitrogen and oxygen atoms in total. The van der Waals surface area contributed by atoms with Crippen LogP contribution in [0.15, 0.2) is 0 Å². The summed E-state index contributed by atoms with van der Waals surface area (Å²) in [6.07, 6.45) is 9.38. The second kappa shape index (κ2) is 10.7. The fourth-order valence-corrected chi connectivity index (χ4v) is 2.11. The number of hydrogen-bond donors (Lipinski definition) is 2. The lowest BCUT2D eigenvalue weighted by Crippen LogP contribution is -2.29. The van der Waals surface area contributed by atoms with Crippen molar-refractivity contribution in [2.24, 2.45) is 0 Å². The fourth-order valence-electron chi connectivity index (χ4n) is 1.53. The minimum absolute atomic E-state index is 0.374. The van der Waals surface area contributed by atoms with Crippen LogP contribution in [0.3, 0.4) is 0 Å². The molecule has 0 spiro atoms. The van der Waals surface area contributed by atoms with Gasteiger partial charge in [0.05, 0.1) is 0 Å². The Bertz CT molecular complexity index is 165. The predicted molar refractivity (Wildman–Crippen MR) is 71.2 cm³/mol. The van der Waals surface area contributed by atoms with Crippen LogP contribution in [0.25, 0.3) is 0 Å². The van der Waals surface area contributed by atoms with Crippen LogP contribution in [0.2, 0.25) is 0 Å². The predicted octanol–water partition coefficient (Wildman–Crippen LogP) is 3.52. The van der Waals surface area contributed by atoms with E-state index in [1.807, 2.05) is 22.9 Å². The molecule has 0 saturated carbocycles. The second-order valence-corrected chi connectivity index (χ2v) is 4.53. The van der Waals surface area contributed by atoms with Gasteiger partial charge in [0.15, 0.2) is 0 Å². The number of hydrogen-bond acceptors (Lipinski definition) is 2. The number of carbonyl (C=O) groups is 1. The highest BCUT2D eigenvalue weighted by Crippen LogP contribution is 2.10. The van der Waals surface area contributed by atoms with Crippen LogP contribution in [-0.4, -0.2) is 17.1 Å². The molecule has 0 saturated heterocycles. The third-order valence-corrected chi connectivity index (χ3v) is 3.28. The van der Waals surface area contributed by atoms with Gasteiger partial charge in [-0.2, -0.15) is 0 Å². The topological polar surface area (TPSA) is 49.3 Å². The molecule has 0 amide bonds. The Balaban J connectivity index is 3.25. The molecule has 0 heterocycles. The van der Waals surface area contributed by atoms with E-state index in [1.165, 1.54) is 32.1 Å². The van der Waals surface area contributed by atoms with Crippen LogP contribution in [0, 0.1) is 0 Å². The van der Waals surface area contributed by atoms with E-state index >= 15 is 0 Å². The zero-order chi connectivity index (χ0) is 11.5. The zero-order valence-corrected chi connectivity index (χ0v) is 11.6. The molecule has 0 aromatic carbocycles. The Hall–Kier alpha value is 0.160. The maximum atomic E-state index is 10.7. The Morgan fingerprint density at radius 3 is 2.20 bits per heavy atom. The smallest absolute Gasteiger partial charge is 0.321 e. The van der Waals surface area contributed by atoms with Gasteiger partial charge < -0.3 is 5.11 Å². The van der Waals surface area contributed by atoms with E-state index in [1.54, 1.807) is 0 Å². The van der Waals surface area contributed by atoms with Gasteiger partial charge in [0.25, 0.3) is 0 Å². The van der Waals surface area contributed by atoms with Crippen molar-refractivity contribution in [2.75, 3.05) is 0 Å². The monoisotopic (exact) mass is 327 g/mol. The molecule has 15 heavy (non-hydrogen) atoms. The Morgan fingerprint density at radius 1 is 1.20 bits per heavy atom. The van der Waals surface area contributed by atoms with Gasteiger partial charge in [0.2, 0.25) is 0 Å². The molecule has 0 bridgehead atoms. The first kappa shape index (κ1) is 15.2.